The summed E-state index contributed by atoms with van der Waals surface area (Å²) in [7, 11) is 1.68. The number of hydroxylamine groups is 1. The van der Waals surface area contributed by atoms with Crippen LogP contribution in [0.2, 0.25) is 0 Å². The molecule has 2 unspecified atom stereocenters. The van der Waals surface area contributed by atoms with Crippen LogP contribution in [0.3, 0.4) is 0 Å². The normalized spacial score (nSPS) is 25.9. The van der Waals surface area contributed by atoms with E-state index >= 15 is 0 Å². The van der Waals surface area contributed by atoms with Crippen molar-refractivity contribution in [2.45, 2.75) is 31.7 Å². The molecule has 1 aliphatic carbocycles. The number of hydrogen-bond donors (Lipinski definition) is 1. The molecule has 0 fully saturated rings. The van der Waals surface area contributed by atoms with E-state index in [1.807, 2.05) is 0 Å². The second-order valence-electron chi connectivity index (χ2n) is 3.98. The molecule has 0 spiro atoms. The lowest BCUT2D eigenvalue weighted by molar-refractivity contribution is 0.0541. The van der Waals surface area contributed by atoms with Crippen LogP contribution in [0.5, 0.6) is 0 Å². The lowest BCUT2D eigenvalue weighted by Gasteiger charge is -2.29. The van der Waals surface area contributed by atoms with E-state index in [2.05, 4.69) is 36.7 Å². The zero-order valence-electron chi connectivity index (χ0n) is 8.79. The van der Waals surface area contributed by atoms with Gasteiger partial charge in [0.05, 0.1) is 13.2 Å². The summed E-state index contributed by atoms with van der Waals surface area (Å²) in [6.45, 7) is 2.29. The Bertz CT molecular complexity index is 311. The van der Waals surface area contributed by atoms with Gasteiger partial charge in [-0.15, -0.1) is 0 Å². The second-order valence-corrected chi connectivity index (χ2v) is 3.98. The van der Waals surface area contributed by atoms with E-state index in [1.54, 1.807) is 7.11 Å². The number of hydrogen-bond acceptors (Lipinski definition) is 2. The van der Waals surface area contributed by atoms with Crippen LogP contribution in [0.25, 0.3) is 0 Å². The van der Waals surface area contributed by atoms with Gasteiger partial charge in [0.2, 0.25) is 0 Å². The van der Waals surface area contributed by atoms with Crippen LogP contribution in [0.1, 0.15) is 42.9 Å². The van der Waals surface area contributed by atoms with Gasteiger partial charge >= 0.3 is 0 Å². The third kappa shape index (κ3) is 1.68. The quantitative estimate of drug-likeness (QED) is 0.726. The van der Waals surface area contributed by atoms with Crippen LogP contribution < -0.4 is 5.48 Å². The van der Waals surface area contributed by atoms with Crippen molar-refractivity contribution >= 4 is 0 Å². The minimum atomic E-state index is 0.368. The van der Waals surface area contributed by atoms with Gasteiger partial charge < -0.3 is 4.84 Å². The molecule has 0 radical (unpaired) electrons. The van der Waals surface area contributed by atoms with Crippen LogP contribution in [-0.4, -0.2) is 7.11 Å². The highest BCUT2D eigenvalue weighted by atomic mass is 16.6. The number of fused-ring (bicyclic) bond motifs is 1. The van der Waals surface area contributed by atoms with Crippen LogP contribution in [0.4, 0.5) is 0 Å². The Balaban J connectivity index is 2.31. The van der Waals surface area contributed by atoms with Crippen LogP contribution in [0, 0.1) is 0 Å². The predicted molar refractivity (Wildman–Crippen MR) is 57.0 cm³/mol. The number of nitrogens with one attached hydrogen (secondary N) is 1. The predicted octanol–water partition coefficient (Wildman–Crippen LogP) is 2.78. The first kappa shape index (κ1) is 9.69. The van der Waals surface area contributed by atoms with Gasteiger partial charge in [0.15, 0.2) is 0 Å². The highest BCUT2D eigenvalue weighted by Crippen LogP contribution is 2.36. The van der Waals surface area contributed by atoms with Gasteiger partial charge in [-0.3, -0.25) is 0 Å². The molecule has 14 heavy (non-hydrogen) atoms. The Morgan fingerprint density at radius 1 is 1.21 bits per heavy atom. The summed E-state index contributed by atoms with van der Waals surface area (Å²) >= 11 is 0. The molecule has 0 bridgehead atoms. The Labute approximate surface area is 85.2 Å². The molecule has 76 valence electrons. The molecule has 0 heterocycles. The van der Waals surface area contributed by atoms with Crippen LogP contribution in [-0.2, 0) is 4.84 Å². The van der Waals surface area contributed by atoms with Crippen LogP contribution >= 0.6 is 0 Å². The molecule has 2 rings (SSSR count). The lowest BCUT2D eigenvalue weighted by Crippen LogP contribution is -2.25. The minimum Gasteiger partial charge on any atom is -0.305 e. The molecule has 1 aromatic rings. The smallest absolute Gasteiger partial charge is 0.0574 e. The van der Waals surface area contributed by atoms with Crippen molar-refractivity contribution < 1.29 is 4.84 Å². The molecule has 1 aliphatic rings. The number of rotatable bonds is 2. The zero-order chi connectivity index (χ0) is 9.97. The first-order valence-electron chi connectivity index (χ1n) is 5.20. The Morgan fingerprint density at radius 2 is 1.93 bits per heavy atom. The molecule has 0 amide bonds. The van der Waals surface area contributed by atoms with Crippen molar-refractivity contribution in [1.82, 2.24) is 5.48 Å². The summed E-state index contributed by atoms with van der Waals surface area (Å²) in [5.41, 5.74) is 5.92. The Hall–Kier alpha value is -0.860. The fourth-order valence-corrected chi connectivity index (χ4v) is 2.27. The van der Waals surface area contributed by atoms with Crippen molar-refractivity contribution in [2.24, 2.45) is 0 Å². The first-order chi connectivity index (χ1) is 6.83. The van der Waals surface area contributed by atoms with E-state index in [9.17, 15) is 0 Å². The first-order valence-corrected chi connectivity index (χ1v) is 5.20. The lowest BCUT2D eigenvalue weighted by atomic mass is 9.81. The van der Waals surface area contributed by atoms with Gasteiger partial charge in [0, 0.05) is 0 Å². The SMILES string of the molecule is CONC1CCC(C)c2ccccc21. The highest BCUT2D eigenvalue weighted by molar-refractivity contribution is 5.34. The molecule has 1 N–H and O–H groups in total. The summed E-state index contributed by atoms with van der Waals surface area (Å²) in [5, 5.41) is 0. The van der Waals surface area contributed by atoms with E-state index < -0.39 is 0 Å². The summed E-state index contributed by atoms with van der Waals surface area (Å²) in [6, 6.07) is 9.00. The molecule has 0 saturated carbocycles. The van der Waals surface area contributed by atoms with E-state index in [0.29, 0.717) is 12.0 Å². The minimum absolute atomic E-state index is 0.368. The molecule has 0 aromatic heterocycles. The van der Waals surface area contributed by atoms with Gasteiger partial charge in [-0.1, -0.05) is 31.2 Å². The van der Waals surface area contributed by atoms with Crippen molar-refractivity contribution in [3.05, 3.63) is 35.4 Å². The van der Waals surface area contributed by atoms with Gasteiger partial charge in [0.1, 0.15) is 0 Å². The average Bonchev–Trinajstić information content (AvgIpc) is 2.23. The van der Waals surface area contributed by atoms with E-state index in [1.165, 1.54) is 17.5 Å². The van der Waals surface area contributed by atoms with Gasteiger partial charge in [-0.05, 0) is 29.9 Å². The topological polar surface area (TPSA) is 21.3 Å². The maximum Gasteiger partial charge on any atom is 0.0574 e. The molecular formula is C12H17NO. The monoisotopic (exact) mass is 191 g/mol. The highest BCUT2D eigenvalue weighted by Gasteiger charge is 2.23. The van der Waals surface area contributed by atoms with Gasteiger partial charge in [0.25, 0.3) is 0 Å². The van der Waals surface area contributed by atoms with Crippen molar-refractivity contribution in [1.29, 1.82) is 0 Å². The average molecular weight is 191 g/mol. The fourth-order valence-electron chi connectivity index (χ4n) is 2.27. The molecular weight excluding hydrogens is 174 g/mol. The van der Waals surface area contributed by atoms with Gasteiger partial charge in [-0.25, -0.2) is 0 Å². The third-order valence-corrected chi connectivity index (χ3v) is 3.05. The summed E-state index contributed by atoms with van der Waals surface area (Å²) in [4.78, 5) is 5.02. The molecule has 2 atom stereocenters. The Morgan fingerprint density at radius 3 is 2.64 bits per heavy atom. The Kier molecular flexibility index (Phi) is 2.85. The fraction of sp³-hybridized carbons (Fsp3) is 0.500. The largest absolute Gasteiger partial charge is 0.305 e. The maximum atomic E-state index is 5.02. The summed E-state index contributed by atoms with van der Waals surface area (Å²) in [6.07, 6.45) is 2.39. The number of benzene rings is 1. The van der Waals surface area contributed by atoms with Gasteiger partial charge in [-0.2, -0.15) is 5.48 Å². The van der Waals surface area contributed by atoms with Crippen molar-refractivity contribution in [2.75, 3.05) is 7.11 Å². The van der Waals surface area contributed by atoms with Crippen molar-refractivity contribution in [3.63, 3.8) is 0 Å². The molecule has 2 heteroatoms. The maximum absolute atomic E-state index is 5.02. The molecule has 2 nitrogen and oxygen atoms in total. The van der Waals surface area contributed by atoms with E-state index in [4.69, 9.17) is 4.84 Å². The molecule has 0 aliphatic heterocycles. The van der Waals surface area contributed by atoms with E-state index in [0.717, 1.165) is 6.42 Å². The standard InChI is InChI=1S/C12H17NO/c1-9-7-8-12(13-14-2)11-6-4-3-5-10(9)11/h3-6,9,12-13H,7-8H2,1-2H3. The second kappa shape index (κ2) is 4.11. The van der Waals surface area contributed by atoms with Crippen LogP contribution in [0.15, 0.2) is 24.3 Å². The van der Waals surface area contributed by atoms with Crippen molar-refractivity contribution in [3.8, 4) is 0 Å². The molecule has 1 aromatic carbocycles. The van der Waals surface area contributed by atoms with E-state index in [-0.39, 0.29) is 0 Å². The molecule has 0 saturated heterocycles. The summed E-state index contributed by atoms with van der Waals surface area (Å²) < 4.78 is 0. The third-order valence-electron chi connectivity index (χ3n) is 3.05. The summed E-state index contributed by atoms with van der Waals surface area (Å²) in [5.74, 6) is 0.682. The zero-order valence-corrected chi connectivity index (χ0v) is 8.79.